The molecule has 0 amide bonds. The molecule has 1 N–H and O–H groups in total. The molecular weight excluding hydrogens is 140 g/mol. The van der Waals surface area contributed by atoms with Gasteiger partial charge in [-0.3, -0.25) is 0 Å². The van der Waals surface area contributed by atoms with Crippen LogP contribution in [0.5, 0.6) is 0 Å². The van der Waals surface area contributed by atoms with Gasteiger partial charge >= 0.3 is 0 Å². The van der Waals surface area contributed by atoms with Crippen molar-refractivity contribution in [3.8, 4) is 0 Å². The molecule has 0 bridgehead atoms. The fourth-order valence-corrected chi connectivity index (χ4v) is 1.23. The molecule has 0 heterocycles. The van der Waals surface area contributed by atoms with Gasteiger partial charge in [0.25, 0.3) is 0 Å². The minimum absolute atomic E-state index is 0.144. The molecule has 1 fully saturated rings. The smallest absolute Gasteiger partial charge is 0.0939 e. The van der Waals surface area contributed by atoms with Gasteiger partial charge in [0.2, 0.25) is 0 Å². The van der Waals surface area contributed by atoms with Crippen LogP contribution in [0.25, 0.3) is 0 Å². The average Bonchev–Trinajstić information content (AvgIpc) is 2.70. The molecule has 0 spiro atoms. The van der Waals surface area contributed by atoms with Gasteiger partial charge in [0.15, 0.2) is 0 Å². The number of aliphatic hydroxyl groups is 1. The third kappa shape index (κ3) is 2.17. The summed E-state index contributed by atoms with van der Waals surface area (Å²) in [4.78, 5) is 0. The Morgan fingerprint density at radius 1 is 1.55 bits per heavy atom. The van der Waals surface area contributed by atoms with Crippen LogP contribution >= 0.6 is 0 Å². The van der Waals surface area contributed by atoms with Gasteiger partial charge in [0, 0.05) is 6.61 Å². The molecule has 0 saturated heterocycles. The Hall–Kier alpha value is -0.0800. The highest BCUT2D eigenvalue weighted by atomic mass is 16.5. The Balaban J connectivity index is 2.14. The topological polar surface area (TPSA) is 29.5 Å². The van der Waals surface area contributed by atoms with E-state index >= 15 is 0 Å². The van der Waals surface area contributed by atoms with Gasteiger partial charge in [-0.05, 0) is 26.2 Å². The highest BCUT2D eigenvalue weighted by Crippen LogP contribution is 2.42. The Bertz CT molecular complexity index is 117. The number of ether oxygens (including phenoxy) is 1. The summed E-state index contributed by atoms with van der Waals surface area (Å²) < 4.78 is 5.59. The number of hydrogen-bond donors (Lipinski definition) is 1. The number of unbranched alkanes of at least 4 members (excludes halogenated alkanes) is 1. The zero-order valence-corrected chi connectivity index (χ0v) is 7.47. The summed E-state index contributed by atoms with van der Waals surface area (Å²) in [5.74, 6) is 0. The fraction of sp³-hybridized carbons (Fsp3) is 1.00. The third-order valence-corrected chi connectivity index (χ3v) is 2.39. The zero-order chi connectivity index (χ0) is 8.32. The van der Waals surface area contributed by atoms with E-state index in [1.165, 1.54) is 0 Å². The third-order valence-electron chi connectivity index (χ3n) is 2.39. The van der Waals surface area contributed by atoms with Crippen molar-refractivity contribution >= 4 is 0 Å². The van der Waals surface area contributed by atoms with Crippen molar-refractivity contribution in [1.29, 1.82) is 0 Å². The summed E-state index contributed by atoms with van der Waals surface area (Å²) >= 11 is 0. The molecule has 0 aliphatic heterocycles. The predicted molar refractivity (Wildman–Crippen MR) is 44.5 cm³/mol. The number of aliphatic hydroxyl groups excluding tert-OH is 1. The maximum absolute atomic E-state index is 9.32. The quantitative estimate of drug-likeness (QED) is 0.617. The van der Waals surface area contributed by atoms with Crippen LogP contribution in [0.4, 0.5) is 0 Å². The van der Waals surface area contributed by atoms with Gasteiger partial charge in [0.1, 0.15) is 0 Å². The van der Waals surface area contributed by atoms with Crippen LogP contribution < -0.4 is 0 Å². The summed E-state index contributed by atoms with van der Waals surface area (Å²) in [5.41, 5.74) is -0.144. The van der Waals surface area contributed by atoms with E-state index in [9.17, 15) is 5.11 Å². The zero-order valence-electron chi connectivity index (χ0n) is 7.47. The maximum Gasteiger partial charge on any atom is 0.0939 e. The van der Waals surface area contributed by atoms with E-state index in [2.05, 4.69) is 6.92 Å². The average molecular weight is 158 g/mol. The van der Waals surface area contributed by atoms with Crippen LogP contribution in [0.1, 0.15) is 39.5 Å². The van der Waals surface area contributed by atoms with Crippen LogP contribution in [0.3, 0.4) is 0 Å². The van der Waals surface area contributed by atoms with Gasteiger partial charge < -0.3 is 9.84 Å². The normalized spacial score (nSPS) is 23.2. The van der Waals surface area contributed by atoms with Crippen LogP contribution in [0.15, 0.2) is 0 Å². The van der Waals surface area contributed by atoms with Gasteiger partial charge in [-0.2, -0.15) is 0 Å². The highest BCUT2D eigenvalue weighted by Gasteiger charge is 2.48. The molecule has 1 atom stereocenters. The number of rotatable bonds is 5. The van der Waals surface area contributed by atoms with Crippen LogP contribution in [-0.2, 0) is 4.74 Å². The molecule has 66 valence electrons. The molecule has 0 radical (unpaired) electrons. The Labute approximate surface area is 68.6 Å². The monoisotopic (exact) mass is 158 g/mol. The molecule has 1 aliphatic carbocycles. The van der Waals surface area contributed by atoms with E-state index in [4.69, 9.17) is 4.74 Å². The van der Waals surface area contributed by atoms with Crippen molar-refractivity contribution in [3.05, 3.63) is 0 Å². The first-order chi connectivity index (χ1) is 5.21. The molecule has 2 nitrogen and oxygen atoms in total. The first-order valence-electron chi connectivity index (χ1n) is 4.53. The largest absolute Gasteiger partial charge is 0.390 e. The highest BCUT2D eigenvalue weighted by molar-refractivity contribution is 4.99. The standard InChI is InChI=1S/C9H18O2/c1-3-4-7-11-9(5-6-9)8(2)10/h8,10H,3-7H2,1-2H3. The summed E-state index contributed by atoms with van der Waals surface area (Å²) in [5, 5.41) is 9.32. The van der Waals surface area contributed by atoms with E-state index in [0.29, 0.717) is 0 Å². The van der Waals surface area contributed by atoms with E-state index in [0.717, 1.165) is 32.3 Å². The van der Waals surface area contributed by atoms with Crippen LogP contribution in [0, 0.1) is 0 Å². The van der Waals surface area contributed by atoms with Gasteiger partial charge in [-0.1, -0.05) is 13.3 Å². The second-order valence-corrected chi connectivity index (χ2v) is 3.44. The minimum atomic E-state index is -0.292. The first-order valence-corrected chi connectivity index (χ1v) is 4.53. The molecule has 1 unspecified atom stereocenters. The number of hydrogen-bond acceptors (Lipinski definition) is 2. The van der Waals surface area contributed by atoms with Crippen LogP contribution in [0.2, 0.25) is 0 Å². The van der Waals surface area contributed by atoms with Crippen LogP contribution in [-0.4, -0.2) is 23.4 Å². The van der Waals surface area contributed by atoms with E-state index in [-0.39, 0.29) is 11.7 Å². The second-order valence-electron chi connectivity index (χ2n) is 3.44. The summed E-state index contributed by atoms with van der Waals surface area (Å²) in [6, 6.07) is 0. The first kappa shape index (κ1) is 9.01. The molecule has 0 aromatic rings. The predicted octanol–water partition coefficient (Wildman–Crippen LogP) is 1.72. The molecule has 1 rings (SSSR count). The van der Waals surface area contributed by atoms with Crippen molar-refractivity contribution in [3.63, 3.8) is 0 Å². The van der Waals surface area contributed by atoms with Gasteiger partial charge in [-0.25, -0.2) is 0 Å². The van der Waals surface area contributed by atoms with Crippen molar-refractivity contribution in [1.82, 2.24) is 0 Å². The molecule has 1 aliphatic rings. The Morgan fingerprint density at radius 2 is 2.18 bits per heavy atom. The van der Waals surface area contributed by atoms with E-state index < -0.39 is 0 Å². The maximum atomic E-state index is 9.32. The summed E-state index contributed by atoms with van der Waals surface area (Å²) in [7, 11) is 0. The van der Waals surface area contributed by atoms with Crippen molar-refractivity contribution in [2.24, 2.45) is 0 Å². The van der Waals surface area contributed by atoms with Crippen molar-refractivity contribution in [2.75, 3.05) is 6.61 Å². The minimum Gasteiger partial charge on any atom is -0.390 e. The fourth-order valence-electron chi connectivity index (χ4n) is 1.23. The Morgan fingerprint density at radius 3 is 2.55 bits per heavy atom. The van der Waals surface area contributed by atoms with E-state index in [1.807, 2.05) is 6.92 Å². The molecule has 2 heteroatoms. The molecular formula is C9H18O2. The van der Waals surface area contributed by atoms with Crippen molar-refractivity contribution < 1.29 is 9.84 Å². The molecule has 11 heavy (non-hydrogen) atoms. The van der Waals surface area contributed by atoms with Crippen molar-refractivity contribution in [2.45, 2.75) is 51.2 Å². The summed E-state index contributed by atoms with van der Waals surface area (Å²) in [6.45, 7) is 4.77. The van der Waals surface area contributed by atoms with Gasteiger partial charge in [0.05, 0.1) is 11.7 Å². The van der Waals surface area contributed by atoms with E-state index in [1.54, 1.807) is 0 Å². The second kappa shape index (κ2) is 3.55. The summed E-state index contributed by atoms with van der Waals surface area (Å²) in [6.07, 6.45) is 4.05. The molecule has 1 saturated carbocycles. The lowest BCUT2D eigenvalue weighted by atomic mass is 10.2. The molecule has 0 aromatic heterocycles. The SMILES string of the molecule is CCCCOC1(C(C)O)CC1. The van der Waals surface area contributed by atoms with Gasteiger partial charge in [-0.15, -0.1) is 0 Å². The Kier molecular flexibility index (Phi) is 2.90. The lowest BCUT2D eigenvalue weighted by molar-refractivity contribution is -0.0499. The molecule has 0 aromatic carbocycles. The lowest BCUT2D eigenvalue weighted by Gasteiger charge is -2.18. The lowest BCUT2D eigenvalue weighted by Crippen LogP contribution is -2.28.